The van der Waals surface area contributed by atoms with Gasteiger partial charge in [0, 0.05) is 30.1 Å². The highest BCUT2D eigenvalue weighted by Gasteiger charge is 2.27. The molecule has 0 radical (unpaired) electrons. The van der Waals surface area contributed by atoms with Gasteiger partial charge in [0.05, 0.1) is 6.54 Å². The van der Waals surface area contributed by atoms with Gasteiger partial charge in [-0.25, -0.2) is 9.37 Å². The molecule has 1 atom stereocenters. The predicted octanol–water partition coefficient (Wildman–Crippen LogP) is 4.06. The highest BCUT2D eigenvalue weighted by molar-refractivity contribution is 5.84. The molecule has 6 heteroatoms. The van der Waals surface area contributed by atoms with Crippen molar-refractivity contribution in [3.05, 3.63) is 84.2 Å². The van der Waals surface area contributed by atoms with Gasteiger partial charge in [-0.1, -0.05) is 18.2 Å². The number of nitrogens with zero attached hydrogens (tertiary/aromatic N) is 4. The molecule has 2 aromatic carbocycles. The van der Waals surface area contributed by atoms with Crippen molar-refractivity contribution in [2.45, 2.75) is 19.6 Å². The fourth-order valence-electron chi connectivity index (χ4n) is 3.41. The molecule has 27 heavy (non-hydrogen) atoms. The van der Waals surface area contributed by atoms with Crippen LogP contribution in [0.4, 0.5) is 10.1 Å². The lowest BCUT2D eigenvalue weighted by molar-refractivity contribution is 0.0964. The summed E-state index contributed by atoms with van der Waals surface area (Å²) in [6, 6.07) is 14.8. The monoisotopic (exact) mass is 364 g/mol. The number of benzene rings is 2. The van der Waals surface area contributed by atoms with E-state index in [1.54, 1.807) is 23.1 Å². The first-order valence-electron chi connectivity index (χ1n) is 9.04. The molecule has 1 aliphatic heterocycles. The Kier molecular flexibility index (Phi) is 4.98. The van der Waals surface area contributed by atoms with Crippen LogP contribution in [0.3, 0.4) is 0 Å². The van der Waals surface area contributed by atoms with Crippen LogP contribution in [0.2, 0.25) is 0 Å². The number of hydrogen-bond acceptors (Lipinski definition) is 4. The van der Waals surface area contributed by atoms with Crippen LogP contribution in [0.25, 0.3) is 5.70 Å². The van der Waals surface area contributed by atoms with E-state index in [4.69, 9.17) is 4.74 Å². The average Bonchev–Trinajstić information content (AvgIpc) is 3.21. The molecule has 1 aliphatic rings. The van der Waals surface area contributed by atoms with E-state index in [-0.39, 0.29) is 11.9 Å². The van der Waals surface area contributed by atoms with Crippen molar-refractivity contribution in [2.75, 3.05) is 18.1 Å². The normalized spacial score (nSPS) is 16.1. The van der Waals surface area contributed by atoms with Gasteiger partial charge in [-0.3, -0.25) is 4.68 Å². The number of hydrogen-bond donors (Lipinski definition) is 0. The number of rotatable bonds is 6. The summed E-state index contributed by atoms with van der Waals surface area (Å²) in [7, 11) is 0. The van der Waals surface area contributed by atoms with E-state index in [1.165, 1.54) is 18.5 Å². The molecule has 0 saturated carbocycles. The molecule has 0 aliphatic carbocycles. The third-order valence-electron chi connectivity index (χ3n) is 4.64. The minimum Gasteiger partial charge on any atom is -0.370 e. The third kappa shape index (κ3) is 3.61. The van der Waals surface area contributed by atoms with E-state index in [2.05, 4.69) is 33.2 Å². The van der Waals surface area contributed by atoms with Crippen LogP contribution in [0, 0.1) is 5.82 Å². The maximum Gasteiger partial charge on any atom is 0.137 e. The first-order chi connectivity index (χ1) is 13.3. The molecular weight excluding hydrogens is 343 g/mol. The summed E-state index contributed by atoms with van der Waals surface area (Å²) in [5.41, 5.74) is 4.18. The maximum atomic E-state index is 13.4. The molecule has 0 fully saturated rings. The van der Waals surface area contributed by atoms with Crippen molar-refractivity contribution in [1.29, 1.82) is 0 Å². The van der Waals surface area contributed by atoms with Gasteiger partial charge in [0.15, 0.2) is 0 Å². The van der Waals surface area contributed by atoms with Gasteiger partial charge in [-0.2, -0.15) is 5.10 Å². The van der Waals surface area contributed by atoms with E-state index in [0.717, 1.165) is 22.5 Å². The maximum absolute atomic E-state index is 13.4. The van der Waals surface area contributed by atoms with Gasteiger partial charge in [-0.15, -0.1) is 0 Å². The van der Waals surface area contributed by atoms with E-state index in [9.17, 15) is 4.39 Å². The van der Waals surface area contributed by atoms with Crippen LogP contribution in [0.1, 0.15) is 24.2 Å². The number of anilines is 1. The zero-order valence-electron chi connectivity index (χ0n) is 15.1. The second kappa shape index (κ2) is 7.72. The van der Waals surface area contributed by atoms with Crippen LogP contribution < -0.4 is 4.90 Å². The lowest BCUT2D eigenvalue weighted by atomic mass is 9.96. The minimum absolute atomic E-state index is 0.131. The van der Waals surface area contributed by atoms with E-state index < -0.39 is 0 Å². The van der Waals surface area contributed by atoms with Crippen molar-refractivity contribution >= 4 is 11.4 Å². The van der Waals surface area contributed by atoms with Crippen LogP contribution in [-0.2, 0) is 11.3 Å². The first kappa shape index (κ1) is 17.4. The summed E-state index contributed by atoms with van der Waals surface area (Å²) in [4.78, 5) is 6.25. The molecule has 0 spiro atoms. The number of fused-ring (bicyclic) bond motifs is 1. The van der Waals surface area contributed by atoms with Crippen molar-refractivity contribution in [3.8, 4) is 0 Å². The lowest BCUT2D eigenvalue weighted by Gasteiger charge is -2.36. The van der Waals surface area contributed by atoms with E-state index in [1.807, 2.05) is 19.1 Å². The molecule has 1 unspecified atom stereocenters. The lowest BCUT2D eigenvalue weighted by Crippen LogP contribution is -2.30. The standard InChI is InChI=1S/C21H21FN4O/c1-2-27-21-13-20(16-7-9-17(22)10-8-16)26(12-11-25-15-23-14-24-25)19-6-4-3-5-18(19)21/h3-10,13-15,21H,2,11-12H2,1H3. The Morgan fingerprint density at radius 1 is 1.07 bits per heavy atom. The number of aromatic nitrogens is 3. The summed E-state index contributed by atoms with van der Waals surface area (Å²) in [6.07, 6.45) is 5.22. The second-order valence-electron chi connectivity index (χ2n) is 6.30. The zero-order valence-corrected chi connectivity index (χ0v) is 15.1. The Morgan fingerprint density at radius 3 is 2.63 bits per heavy atom. The average molecular weight is 364 g/mol. The van der Waals surface area contributed by atoms with Crippen molar-refractivity contribution < 1.29 is 9.13 Å². The Balaban J connectivity index is 1.75. The van der Waals surface area contributed by atoms with E-state index in [0.29, 0.717) is 19.7 Å². The van der Waals surface area contributed by atoms with Gasteiger partial charge < -0.3 is 9.64 Å². The molecule has 0 bridgehead atoms. The Labute approximate surface area is 157 Å². The molecule has 0 N–H and O–H groups in total. The third-order valence-corrected chi connectivity index (χ3v) is 4.64. The molecule has 1 aromatic heterocycles. The Hall–Kier alpha value is -2.99. The summed E-state index contributed by atoms with van der Waals surface area (Å²) in [5.74, 6) is -0.244. The molecule has 4 rings (SSSR count). The number of para-hydroxylation sites is 1. The molecule has 138 valence electrons. The SMILES string of the molecule is CCOC1C=C(c2ccc(F)cc2)N(CCn2cncn2)c2ccccc21. The highest BCUT2D eigenvalue weighted by atomic mass is 19.1. The summed E-state index contributed by atoms with van der Waals surface area (Å²) in [5, 5.41) is 4.20. The summed E-state index contributed by atoms with van der Waals surface area (Å²) >= 11 is 0. The van der Waals surface area contributed by atoms with E-state index >= 15 is 0 Å². The Bertz CT molecular complexity index is 922. The van der Waals surface area contributed by atoms with Gasteiger partial charge in [0.2, 0.25) is 0 Å². The number of ether oxygens (including phenoxy) is 1. The van der Waals surface area contributed by atoms with Gasteiger partial charge in [0.1, 0.15) is 24.6 Å². The van der Waals surface area contributed by atoms with Crippen LogP contribution in [-0.4, -0.2) is 27.9 Å². The first-order valence-corrected chi connectivity index (χ1v) is 9.04. The molecule has 0 amide bonds. The van der Waals surface area contributed by atoms with Gasteiger partial charge in [-0.05, 0) is 48.9 Å². The second-order valence-corrected chi connectivity index (χ2v) is 6.30. The molecule has 2 heterocycles. The summed E-state index contributed by atoms with van der Waals surface area (Å²) < 4.78 is 21.2. The Morgan fingerprint density at radius 2 is 1.89 bits per heavy atom. The van der Waals surface area contributed by atoms with Crippen LogP contribution >= 0.6 is 0 Å². The fourth-order valence-corrected chi connectivity index (χ4v) is 3.41. The fraction of sp³-hybridized carbons (Fsp3) is 0.238. The van der Waals surface area contributed by atoms with Crippen LogP contribution in [0.15, 0.2) is 67.3 Å². The highest BCUT2D eigenvalue weighted by Crippen LogP contribution is 2.40. The molecular formula is C21H21FN4O. The van der Waals surface area contributed by atoms with Crippen molar-refractivity contribution in [2.24, 2.45) is 0 Å². The van der Waals surface area contributed by atoms with Crippen LogP contribution in [0.5, 0.6) is 0 Å². The van der Waals surface area contributed by atoms with Gasteiger partial charge >= 0.3 is 0 Å². The smallest absolute Gasteiger partial charge is 0.137 e. The molecule has 0 saturated heterocycles. The topological polar surface area (TPSA) is 43.2 Å². The van der Waals surface area contributed by atoms with Crippen molar-refractivity contribution in [3.63, 3.8) is 0 Å². The van der Waals surface area contributed by atoms with Crippen molar-refractivity contribution in [1.82, 2.24) is 14.8 Å². The minimum atomic E-state index is -0.244. The largest absolute Gasteiger partial charge is 0.370 e. The zero-order chi connectivity index (χ0) is 18.6. The van der Waals surface area contributed by atoms with Gasteiger partial charge in [0.25, 0.3) is 0 Å². The summed E-state index contributed by atoms with van der Waals surface area (Å²) in [6.45, 7) is 4.00. The molecule has 3 aromatic rings. The number of halogens is 1. The molecule has 5 nitrogen and oxygen atoms in total. The quantitative estimate of drug-likeness (QED) is 0.662. The predicted molar refractivity (Wildman–Crippen MR) is 103 cm³/mol.